The summed E-state index contributed by atoms with van der Waals surface area (Å²) < 4.78 is 9.39. The molecule has 8 aromatic carbocycles. The van der Waals surface area contributed by atoms with Crippen molar-refractivity contribution in [3.63, 3.8) is 0 Å². The van der Waals surface area contributed by atoms with Gasteiger partial charge in [0.05, 0.1) is 0 Å². The van der Waals surface area contributed by atoms with E-state index in [2.05, 4.69) is 186 Å². The van der Waals surface area contributed by atoms with E-state index in [9.17, 15) is 0 Å². The van der Waals surface area contributed by atoms with Crippen LogP contribution in [0.5, 0.6) is 11.5 Å². The molecule has 0 atom stereocenters. The molecule has 2 aliphatic heterocycles. The number of para-hydroxylation sites is 4. The molecule has 1 aromatic heterocycles. The summed E-state index contributed by atoms with van der Waals surface area (Å²) in [5, 5.41) is 4.96. The zero-order chi connectivity index (χ0) is 33.5. The van der Waals surface area contributed by atoms with E-state index in [-0.39, 0.29) is 6.71 Å². The van der Waals surface area contributed by atoms with Crippen molar-refractivity contribution in [2.45, 2.75) is 0 Å². The largest absolute Gasteiger partial charge is 0.458 e. The lowest BCUT2D eigenvalue weighted by Crippen LogP contribution is -2.59. The second-order valence-corrected chi connectivity index (χ2v) is 14.4. The zero-order valence-electron chi connectivity index (χ0n) is 27.5. The van der Waals surface area contributed by atoms with Gasteiger partial charge in [-0.25, -0.2) is 0 Å². The second kappa shape index (κ2) is 11.1. The van der Waals surface area contributed by atoms with E-state index in [0.29, 0.717) is 0 Å². The predicted octanol–water partition coefficient (Wildman–Crippen LogP) is 11.1. The SMILES string of the molecule is c1ccc(N(c2ccccc2)c2ccc3cc4c(cc3c2)sc2cc3c(cc24)Oc2cccc4c2B3c2ccccc2N4c2ccccc2)cc1. The predicted molar refractivity (Wildman–Crippen MR) is 217 cm³/mol. The fraction of sp³-hybridized carbons (Fsp3) is 0. The van der Waals surface area contributed by atoms with Crippen molar-refractivity contribution in [2.24, 2.45) is 0 Å². The van der Waals surface area contributed by atoms with Crippen molar-refractivity contribution in [1.29, 1.82) is 0 Å². The Balaban J connectivity index is 1.07. The Kier molecular flexibility index (Phi) is 6.22. The third-order valence-corrected chi connectivity index (χ3v) is 11.6. The molecule has 9 aromatic rings. The van der Waals surface area contributed by atoms with E-state index in [1.54, 1.807) is 0 Å². The summed E-state index contributed by atoms with van der Waals surface area (Å²) in [5.74, 6) is 1.87. The van der Waals surface area contributed by atoms with Gasteiger partial charge >= 0.3 is 0 Å². The van der Waals surface area contributed by atoms with E-state index >= 15 is 0 Å². The Labute approximate surface area is 300 Å². The van der Waals surface area contributed by atoms with Gasteiger partial charge < -0.3 is 14.5 Å². The van der Waals surface area contributed by atoms with E-state index in [1.807, 2.05) is 11.3 Å². The first kappa shape index (κ1) is 28.5. The summed E-state index contributed by atoms with van der Waals surface area (Å²) in [7, 11) is 0. The van der Waals surface area contributed by atoms with Gasteiger partial charge in [-0.3, -0.25) is 0 Å². The number of fused-ring (bicyclic) bond motifs is 8. The van der Waals surface area contributed by atoms with Crippen molar-refractivity contribution in [3.05, 3.63) is 176 Å². The van der Waals surface area contributed by atoms with Crippen molar-refractivity contribution in [1.82, 2.24) is 0 Å². The Hall–Kier alpha value is -6.30. The maximum atomic E-state index is 6.84. The number of hydrogen-bond donors (Lipinski definition) is 0. The van der Waals surface area contributed by atoms with Crippen molar-refractivity contribution >= 4 is 99.5 Å². The minimum Gasteiger partial charge on any atom is -0.458 e. The van der Waals surface area contributed by atoms with Gasteiger partial charge in [-0.2, -0.15) is 0 Å². The summed E-state index contributed by atoms with van der Waals surface area (Å²) in [6.45, 7) is 0.0781. The van der Waals surface area contributed by atoms with Gasteiger partial charge in [-0.1, -0.05) is 84.9 Å². The fourth-order valence-electron chi connectivity index (χ4n) is 8.23. The van der Waals surface area contributed by atoms with Crippen LogP contribution in [-0.2, 0) is 0 Å². The molecule has 3 heterocycles. The van der Waals surface area contributed by atoms with Crippen LogP contribution in [-0.4, -0.2) is 6.71 Å². The molecular formula is C46H29BN2OS. The summed E-state index contributed by atoms with van der Waals surface area (Å²) in [4.78, 5) is 4.71. The molecule has 0 N–H and O–H groups in total. The van der Waals surface area contributed by atoms with Gasteiger partial charge in [0.15, 0.2) is 0 Å². The quantitative estimate of drug-likeness (QED) is 0.174. The molecule has 0 spiro atoms. The standard InChI is InChI=1S/C46H29BN2OS/c1-4-13-32(14-5-1)48(33-15-6-2-7-16-33)35-24-23-30-26-36-37-28-43-39(29-45(37)51-44(36)27-31(30)25-35)47-38-19-10-11-20-40(38)49(34-17-8-3-9-18-34)41-21-12-22-42(50-43)46(41)47/h1-29H. The van der Waals surface area contributed by atoms with Gasteiger partial charge in [0.25, 0.3) is 6.71 Å². The lowest BCUT2D eigenvalue weighted by Gasteiger charge is -2.39. The van der Waals surface area contributed by atoms with Crippen molar-refractivity contribution in [3.8, 4) is 11.5 Å². The molecule has 0 saturated heterocycles. The Bertz CT molecular complexity index is 2760. The first-order valence-corrected chi connectivity index (χ1v) is 18.2. The third kappa shape index (κ3) is 4.38. The van der Waals surface area contributed by atoms with Crippen LogP contribution in [0.4, 0.5) is 34.1 Å². The minimum atomic E-state index is 0.0781. The molecule has 11 rings (SSSR count). The highest BCUT2D eigenvalue weighted by Gasteiger charge is 2.41. The fourth-order valence-corrected chi connectivity index (χ4v) is 9.39. The topological polar surface area (TPSA) is 15.7 Å². The smallest absolute Gasteiger partial charge is 0.256 e. The highest BCUT2D eigenvalue weighted by Crippen LogP contribution is 2.44. The number of nitrogens with zero attached hydrogens (tertiary/aromatic N) is 2. The van der Waals surface area contributed by atoms with Crippen LogP contribution >= 0.6 is 11.3 Å². The number of rotatable bonds is 4. The average Bonchev–Trinajstić information content (AvgIpc) is 3.53. The molecule has 0 amide bonds. The summed E-state index contributed by atoms with van der Waals surface area (Å²) in [5.41, 5.74) is 10.7. The lowest BCUT2D eigenvalue weighted by atomic mass is 9.34. The minimum absolute atomic E-state index is 0.0781. The first-order chi connectivity index (χ1) is 25.3. The van der Waals surface area contributed by atoms with Crippen LogP contribution in [0.15, 0.2) is 176 Å². The number of thiophene rings is 1. The van der Waals surface area contributed by atoms with Gasteiger partial charge in [0, 0.05) is 54.3 Å². The molecule has 0 radical (unpaired) electrons. The Morgan fingerprint density at radius 2 is 1.14 bits per heavy atom. The summed E-state index contributed by atoms with van der Waals surface area (Å²) in [6.07, 6.45) is 0. The van der Waals surface area contributed by atoms with Crippen molar-refractivity contribution < 1.29 is 4.74 Å². The molecule has 0 saturated carbocycles. The normalized spacial score (nSPS) is 12.8. The van der Waals surface area contributed by atoms with Gasteiger partial charge in [-0.15, -0.1) is 11.3 Å². The Morgan fingerprint density at radius 3 is 1.92 bits per heavy atom. The average molecular weight is 669 g/mol. The molecule has 51 heavy (non-hydrogen) atoms. The van der Waals surface area contributed by atoms with Crippen LogP contribution in [0.25, 0.3) is 30.9 Å². The molecule has 0 bridgehead atoms. The Morgan fingerprint density at radius 1 is 0.471 bits per heavy atom. The molecule has 0 fully saturated rings. The first-order valence-electron chi connectivity index (χ1n) is 17.4. The van der Waals surface area contributed by atoms with Crippen LogP contribution in [0, 0.1) is 0 Å². The van der Waals surface area contributed by atoms with Crippen molar-refractivity contribution in [2.75, 3.05) is 9.80 Å². The molecule has 2 aliphatic rings. The van der Waals surface area contributed by atoms with Gasteiger partial charge in [-0.05, 0) is 118 Å². The zero-order valence-corrected chi connectivity index (χ0v) is 28.3. The maximum Gasteiger partial charge on any atom is 0.256 e. The van der Waals surface area contributed by atoms with Crippen LogP contribution < -0.4 is 30.9 Å². The summed E-state index contributed by atoms with van der Waals surface area (Å²) in [6, 6.07) is 63.4. The number of anilines is 6. The third-order valence-electron chi connectivity index (χ3n) is 10.4. The maximum absolute atomic E-state index is 6.84. The van der Waals surface area contributed by atoms with Crippen LogP contribution in [0.3, 0.4) is 0 Å². The molecule has 0 unspecified atom stereocenters. The molecule has 0 aliphatic carbocycles. The molecule has 3 nitrogen and oxygen atoms in total. The highest BCUT2D eigenvalue weighted by atomic mass is 32.1. The second-order valence-electron chi connectivity index (χ2n) is 13.3. The lowest BCUT2D eigenvalue weighted by molar-refractivity contribution is 0.488. The molecule has 5 heteroatoms. The molecule has 238 valence electrons. The molecular weight excluding hydrogens is 639 g/mol. The number of benzene rings is 8. The number of ether oxygens (including phenoxy) is 1. The van der Waals surface area contributed by atoms with E-state index in [1.165, 1.54) is 58.7 Å². The van der Waals surface area contributed by atoms with Gasteiger partial charge in [0.1, 0.15) is 11.5 Å². The van der Waals surface area contributed by atoms with Crippen LogP contribution in [0.1, 0.15) is 0 Å². The van der Waals surface area contributed by atoms with E-state index < -0.39 is 0 Å². The monoisotopic (exact) mass is 668 g/mol. The van der Waals surface area contributed by atoms with Crippen LogP contribution in [0.2, 0.25) is 0 Å². The number of hydrogen-bond acceptors (Lipinski definition) is 4. The highest BCUT2D eigenvalue weighted by molar-refractivity contribution is 7.26. The van der Waals surface area contributed by atoms with E-state index in [0.717, 1.165) is 34.2 Å². The van der Waals surface area contributed by atoms with Gasteiger partial charge in [0.2, 0.25) is 0 Å². The summed E-state index contributed by atoms with van der Waals surface area (Å²) >= 11 is 1.87. The van der Waals surface area contributed by atoms with E-state index in [4.69, 9.17) is 4.74 Å².